The van der Waals surface area contributed by atoms with Gasteiger partial charge in [-0.1, -0.05) is 48.9 Å². The van der Waals surface area contributed by atoms with Crippen LogP contribution in [-0.4, -0.2) is 6.61 Å². The van der Waals surface area contributed by atoms with Gasteiger partial charge >= 0.3 is 0 Å². The van der Waals surface area contributed by atoms with Crippen molar-refractivity contribution >= 4 is 0 Å². The molecular weight excluding hydrogens is 524 g/mol. The minimum atomic E-state index is -1.26. The van der Waals surface area contributed by atoms with Crippen LogP contribution in [0, 0.1) is 41.0 Å². The molecule has 0 saturated heterocycles. The molecule has 2 aliphatic rings. The molecular formula is C36H40F4O. The number of allylic oxidation sites excluding steroid dienone is 1. The van der Waals surface area contributed by atoms with Crippen molar-refractivity contribution in [3.05, 3.63) is 101 Å². The third-order valence-corrected chi connectivity index (χ3v) is 9.43. The van der Waals surface area contributed by atoms with Gasteiger partial charge < -0.3 is 4.74 Å². The number of fused-ring (bicyclic) bond motifs is 1. The van der Waals surface area contributed by atoms with Crippen LogP contribution in [0.15, 0.2) is 61.2 Å². The van der Waals surface area contributed by atoms with Crippen LogP contribution in [0.25, 0.3) is 11.1 Å². The topological polar surface area (TPSA) is 9.23 Å². The van der Waals surface area contributed by atoms with E-state index in [1.54, 1.807) is 6.92 Å². The van der Waals surface area contributed by atoms with Crippen molar-refractivity contribution < 1.29 is 22.3 Å². The lowest BCUT2D eigenvalue weighted by atomic mass is 9.63. The second-order valence-electron chi connectivity index (χ2n) is 11.9. The molecule has 2 saturated carbocycles. The maximum atomic E-state index is 15.0. The molecule has 0 spiro atoms. The molecule has 0 amide bonds. The molecule has 0 bridgehead atoms. The number of halogens is 4. The predicted molar refractivity (Wildman–Crippen MR) is 157 cm³/mol. The third-order valence-electron chi connectivity index (χ3n) is 9.43. The smallest absolute Gasteiger partial charge is 0.201 e. The standard InChI is InChI=1S/C36H40F4O/c1-3-5-6-24-10-14-29-22-28(16-15-27(29)21-24)25-11-7-23(8-12-25)9-13-26-17-18-30(34(38)33(26)37)31-19-20-32(41-4-2)36(40)35(31)39/h3,7-8,11-12,17-20,24,27-29H,1,4-6,9-10,13-16,21-22H2,2H3. The number of rotatable bonds is 10. The van der Waals surface area contributed by atoms with Crippen molar-refractivity contribution in [1.82, 2.24) is 0 Å². The van der Waals surface area contributed by atoms with Gasteiger partial charge in [0.05, 0.1) is 6.61 Å². The van der Waals surface area contributed by atoms with Crippen LogP contribution in [0.3, 0.4) is 0 Å². The quantitative estimate of drug-likeness (QED) is 0.176. The number of benzene rings is 3. The van der Waals surface area contributed by atoms with Crippen molar-refractivity contribution in [2.75, 3.05) is 6.61 Å². The second kappa shape index (κ2) is 13.3. The summed E-state index contributed by atoms with van der Waals surface area (Å²) in [6, 6.07) is 13.8. The van der Waals surface area contributed by atoms with Crippen LogP contribution < -0.4 is 4.74 Å². The highest BCUT2D eigenvalue weighted by molar-refractivity contribution is 5.66. The average molecular weight is 565 g/mol. The Balaban J connectivity index is 1.19. The monoisotopic (exact) mass is 564 g/mol. The Bertz CT molecular complexity index is 1350. The molecule has 0 aromatic heterocycles. The maximum absolute atomic E-state index is 15.0. The van der Waals surface area contributed by atoms with Gasteiger partial charge in [-0.05, 0) is 117 Å². The van der Waals surface area contributed by atoms with Crippen LogP contribution in [0.4, 0.5) is 17.6 Å². The molecule has 3 aromatic rings. The fourth-order valence-electron chi connectivity index (χ4n) is 7.14. The van der Waals surface area contributed by atoms with Gasteiger partial charge in [-0.3, -0.25) is 0 Å². The van der Waals surface area contributed by atoms with Gasteiger partial charge in [-0.25, -0.2) is 13.2 Å². The summed E-state index contributed by atoms with van der Waals surface area (Å²) >= 11 is 0. The summed E-state index contributed by atoms with van der Waals surface area (Å²) in [6.45, 7) is 5.69. The first-order valence-corrected chi connectivity index (χ1v) is 15.2. The SMILES string of the molecule is C=CCCC1CCC2CC(c3ccc(CCc4ccc(-c5ccc(OCC)c(F)c5F)c(F)c4F)cc3)CCC2C1. The highest BCUT2D eigenvalue weighted by atomic mass is 19.2. The van der Waals surface area contributed by atoms with Crippen molar-refractivity contribution in [1.29, 1.82) is 0 Å². The minimum Gasteiger partial charge on any atom is -0.491 e. The largest absolute Gasteiger partial charge is 0.491 e. The van der Waals surface area contributed by atoms with Crippen LogP contribution in [0.1, 0.15) is 80.9 Å². The van der Waals surface area contributed by atoms with E-state index in [4.69, 9.17) is 4.74 Å². The molecule has 1 nitrogen and oxygen atoms in total. The van der Waals surface area contributed by atoms with Crippen molar-refractivity contribution in [3.8, 4) is 16.9 Å². The number of aryl methyl sites for hydroxylation is 2. The first-order chi connectivity index (χ1) is 19.9. The summed E-state index contributed by atoms with van der Waals surface area (Å²) in [4.78, 5) is 0. The van der Waals surface area contributed by atoms with E-state index < -0.39 is 23.3 Å². The van der Waals surface area contributed by atoms with Crippen molar-refractivity contribution in [2.24, 2.45) is 17.8 Å². The molecule has 5 rings (SSSR count). The highest BCUT2D eigenvalue weighted by Crippen LogP contribution is 2.48. The first kappa shape index (κ1) is 29.4. The Morgan fingerprint density at radius 3 is 2.17 bits per heavy atom. The van der Waals surface area contributed by atoms with Gasteiger partial charge in [0.1, 0.15) is 0 Å². The van der Waals surface area contributed by atoms with E-state index in [9.17, 15) is 17.6 Å². The Morgan fingerprint density at radius 2 is 1.44 bits per heavy atom. The molecule has 4 atom stereocenters. The molecule has 0 N–H and O–H groups in total. The van der Waals surface area contributed by atoms with Gasteiger partial charge in [-0.15, -0.1) is 6.58 Å². The van der Waals surface area contributed by atoms with Crippen LogP contribution in [-0.2, 0) is 12.8 Å². The van der Waals surface area contributed by atoms with Gasteiger partial charge in [0.15, 0.2) is 23.2 Å². The summed E-state index contributed by atoms with van der Waals surface area (Å²) in [6.07, 6.45) is 13.3. The Kier molecular flexibility index (Phi) is 9.52. The molecule has 218 valence electrons. The van der Waals surface area contributed by atoms with E-state index in [2.05, 4.69) is 30.8 Å². The highest BCUT2D eigenvalue weighted by Gasteiger charge is 2.35. The summed E-state index contributed by atoms with van der Waals surface area (Å²) < 4.78 is 63.9. The lowest BCUT2D eigenvalue weighted by Crippen LogP contribution is -2.30. The number of ether oxygens (including phenoxy) is 1. The minimum absolute atomic E-state index is 0.162. The fourth-order valence-corrected chi connectivity index (χ4v) is 7.14. The van der Waals surface area contributed by atoms with Crippen LogP contribution >= 0.6 is 0 Å². The zero-order valence-electron chi connectivity index (χ0n) is 23.9. The molecule has 4 unspecified atom stereocenters. The van der Waals surface area contributed by atoms with E-state index in [0.29, 0.717) is 18.8 Å². The molecule has 0 aliphatic heterocycles. The lowest BCUT2D eigenvalue weighted by Gasteiger charge is -2.42. The molecule has 3 aromatic carbocycles. The van der Waals surface area contributed by atoms with Crippen molar-refractivity contribution in [2.45, 2.75) is 77.0 Å². The Hall–Kier alpha value is -3.08. The zero-order valence-corrected chi connectivity index (χ0v) is 23.9. The number of hydrogen-bond acceptors (Lipinski definition) is 1. The van der Waals surface area contributed by atoms with E-state index in [1.807, 2.05) is 6.08 Å². The zero-order chi connectivity index (χ0) is 28.9. The van der Waals surface area contributed by atoms with E-state index >= 15 is 0 Å². The normalized spacial score (nSPS) is 22.3. The first-order valence-electron chi connectivity index (χ1n) is 15.2. The summed E-state index contributed by atoms with van der Waals surface area (Å²) in [7, 11) is 0. The van der Waals surface area contributed by atoms with Gasteiger partial charge in [0, 0.05) is 11.1 Å². The fraction of sp³-hybridized carbons (Fsp3) is 0.444. The predicted octanol–water partition coefficient (Wildman–Crippen LogP) is 10.4. The summed E-state index contributed by atoms with van der Waals surface area (Å²) in [5.74, 6) is -1.75. The van der Waals surface area contributed by atoms with E-state index in [-0.39, 0.29) is 29.0 Å². The summed E-state index contributed by atoms with van der Waals surface area (Å²) in [5.41, 5.74) is 2.01. The second-order valence-corrected chi connectivity index (χ2v) is 11.9. The molecule has 41 heavy (non-hydrogen) atoms. The molecule has 5 heteroatoms. The molecule has 0 heterocycles. The lowest BCUT2D eigenvalue weighted by molar-refractivity contribution is 0.115. The van der Waals surface area contributed by atoms with Gasteiger partial charge in [0.25, 0.3) is 0 Å². The van der Waals surface area contributed by atoms with Gasteiger partial charge in [0.2, 0.25) is 5.82 Å². The molecule has 0 radical (unpaired) electrons. The van der Waals surface area contributed by atoms with E-state index in [0.717, 1.165) is 29.7 Å². The average Bonchev–Trinajstić information content (AvgIpc) is 2.99. The molecule has 2 fully saturated rings. The Labute approximate surface area is 241 Å². The van der Waals surface area contributed by atoms with E-state index in [1.165, 1.54) is 74.8 Å². The maximum Gasteiger partial charge on any atom is 0.201 e. The Morgan fingerprint density at radius 1 is 0.756 bits per heavy atom. The number of hydrogen-bond donors (Lipinski definition) is 0. The van der Waals surface area contributed by atoms with Crippen molar-refractivity contribution in [3.63, 3.8) is 0 Å². The third kappa shape index (κ3) is 6.55. The van der Waals surface area contributed by atoms with Gasteiger partial charge in [-0.2, -0.15) is 4.39 Å². The molecule has 2 aliphatic carbocycles. The van der Waals surface area contributed by atoms with Crippen LogP contribution in [0.2, 0.25) is 0 Å². The summed E-state index contributed by atoms with van der Waals surface area (Å²) in [5, 5.41) is 0. The van der Waals surface area contributed by atoms with Crippen LogP contribution in [0.5, 0.6) is 5.75 Å².